The van der Waals surface area contributed by atoms with Crippen LogP contribution >= 0.6 is 0 Å². The molecular weight excluding hydrogens is 200 g/mol. The van der Waals surface area contributed by atoms with Crippen LogP contribution in [0.4, 0.5) is 11.4 Å². The molecule has 16 heavy (non-hydrogen) atoms. The first kappa shape index (κ1) is 10.6. The summed E-state index contributed by atoms with van der Waals surface area (Å²) in [6, 6.07) is 9.90. The fraction of sp³-hybridized carbons (Fsp3) is 0.231. The lowest BCUT2D eigenvalue weighted by atomic mass is 10.1. The van der Waals surface area contributed by atoms with Gasteiger partial charge in [0.1, 0.15) is 5.76 Å². The standard InChI is InChI=1S/C13H16N2O/c1-10-5-3-7-12(13(10)14)15(2)9-11-6-4-8-16-11/h3-8H,9,14H2,1-2H3. The molecule has 2 N–H and O–H groups in total. The van der Waals surface area contributed by atoms with E-state index in [9.17, 15) is 0 Å². The van der Waals surface area contributed by atoms with E-state index in [4.69, 9.17) is 10.2 Å². The van der Waals surface area contributed by atoms with Crippen LogP contribution < -0.4 is 10.6 Å². The highest BCUT2D eigenvalue weighted by Gasteiger charge is 2.08. The molecule has 3 heteroatoms. The second kappa shape index (κ2) is 4.31. The monoisotopic (exact) mass is 216 g/mol. The van der Waals surface area contributed by atoms with Crippen LogP contribution in [0.3, 0.4) is 0 Å². The van der Waals surface area contributed by atoms with Gasteiger partial charge >= 0.3 is 0 Å². The number of hydrogen-bond donors (Lipinski definition) is 1. The van der Waals surface area contributed by atoms with Crippen molar-refractivity contribution in [3.8, 4) is 0 Å². The number of nitrogen functional groups attached to an aromatic ring is 1. The van der Waals surface area contributed by atoms with E-state index in [1.54, 1.807) is 6.26 Å². The first-order valence-electron chi connectivity index (χ1n) is 5.27. The molecule has 1 heterocycles. The van der Waals surface area contributed by atoms with Crippen LogP contribution in [0.15, 0.2) is 41.0 Å². The van der Waals surface area contributed by atoms with Gasteiger partial charge in [0.2, 0.25) is 0 Å². The predicted octanol–water partition coefficient (Wildman–Crippen LogP) is 2.81. The summed E-state index contributed by atoms with van der Waals surface area (Å²) in [5.41, 5.74) is 9.01. The molecule has 0 radical (unpaired) electrons. The van der Waals surface area contributed by atoms with Crippen molar-refractivity contribution in [2.24, 2.45) is 0 Å². The van der Waals surface area contributed by atoms with E-state index in [0.29, 0.717) is 0 Å². The highest BCUT2D eigenvalue weighted by Crippen LogP contribution is 2.26. The van der Waals surface area contributed by atoms with E-state index in [1.165, 1.54) is 0 Å². The number of anilines is 2. The Morgan fingerprint density at radius 3 is 2.75 bits per heavy atom. The second-order valence-corrected chi connectivity index (χ2v) is 3.94. The molecule has 0 aliphatic rings. The summed E-state index contributed by atoms with van der Waals surface area (Å²) in [6.45, 7) is 2.74. The van der Waals surface area contributed by atoms with Crippen LogP contribution in [0, 0.1) is 6.92 Å². The van der Waals surface area contributed by atoms with Crippen LogP contribution in [0.2, 0.25) is 0 Å². The second-order valence-electron chi connectivity index (χ2n) is 3.94. The van der Waals surface area contributed by atoms with Gasteiger partial charge in [0.15, 0.2) is 0 Å². The molecule has 0 saturated heterocycles. The number of hydrogen-bond acceptors (Lipinski definition) is 3. The molecule has 0 aliphatic heterocycles. The summed E-state index contributed by atoms with van der Waals surface area (Å²) in [5.74, 6) is 0.934. The Bertz CT molecular complexity index is 463. The highest BCUT2D eigenvalue weighted by molar-refractivity contribution is 5.70. The van der Waals surface area contributed by atoms with Gasteiger partial charge in [0, 0.05) is 7.05 Å². The SMILES string of the molecule is Cc1cccc(N(C)Cc2ccco2)c1N. The van der Waals surface area contributed by atoms with Gasteiger partial charge in [-0.2, -0.15) is 0 Å². The number of aryl methyl sites for hydroxylation is 1. The van der Waals surface area contributed by atoms with Crippen LogP contribution in [0.5, 0.6) is 0 Å². The lowest BCUT2D eigenvalue weighted by molar-refractivity contribution is 0.507. The van der Waals surface area contributed by atoms with Gasteiger partial charge in [0.05, 0.1) is 24.2 Å². The van der Waals surface area contributed by atoms with Gasteiger partial charge < -0.3 is 15.1 Å². The van der Waals surface area contributed by atoms with Crippen molar-refractivity contribution in [2.75, 3.05) is 17.7 Å². The minimum Gasteiger partial charge on any atom is -0.467 e. The summed E-state index contributed by atoms with van der Waals surface area (Å²) in [7, 11) is 2.01. The quantitative estimate of drug-likeness (QED) is 0.802. The average molecular weight is 216 g/mol. The minimum absolute atomic E-state index is 0.723. The summed E-state index contributed by atoms with van der Waals surface area (Å²) < 4.78 is 5.31. The number of rotatable bonds is 3. The molecule has 1 aromatic carbocycles. The van der Waals surface area contributed by atoms with E-state index in [2.05, 4.69) is 4.90 Å². The zero-order chi connectivity index (χ0) is 11.5. The lowest BCUT2D eigenvalue weighted by Crippen LogP contribution is -2.17. The van der Waals surface area contributed by atoms with Crippen LogP contribution in [-0.4, -0.2) is 7.05 Å². The Kier molecular flexibility index (Phi) is 2.86. The molecule has 0 amide bonds. The molecule has 84 valence electrons. The van der Waals surface area contributed by atoms with Gasteiger partial charge in [-0.15, -0.1) is 0 Å². The molecule has 0 fully saturated rings. The Balaban J connectivity index is 2.21. The summed E-state index contributed by atoms with van der Waals surface area (Å²) >= 11 is 0. The largest absolute Gasteiger partial charge is 0.467 e. The van der Waals surface area contributed by atoms with Crippen molar-refractivity contribution in [1.82, 2.24) is 0 Å². The van der Waals surface area contributed by atoms with Crippen LogP contribution in [-0.2, 0) is 6.54 Å². The number of para-hydroxylation sites is 1. The van der Waals surface area contributed by atoms with Crippen molar-refractivity contribution in [2.45, 2.75) is 13.5 Å². The third-order valence-electron chi connectivity index (χ3n) is 2.69. The van der Waals surface area contributed by atoms with Gasteiger partial charge in [-0.3, -0.25) is 0 Å². The van der Waals surface area contributed by atoms with Crippen molar-refractivity contribution in [3.63, 3.8) is 0 Å². The molecular formula is C13H16N2O. The van der Waals surface area contributed by atoms with Crippen molar-refractivity contribution in [3.05, 3.63) is 47.9 Å². The first-order chi connectivity index (χ1) is 7.68. The molecule has 0 spiro atoms. The zero-order valence-electron chi connectivity index (χ0n) is 9.60. The average Bonchev–Trinajstić information content (AvgIpc) is 2.74. The van der Waals surface area contributed by atoms with E-state index < -0.39 is 0 Å². The molecule has 0 bridgehead atoms. The maximum absolute atomic E-state index is 6.04. The summed E-state index contributed by atoms with van der Waals surface area (Å²) in [4.78, 5) is 2.08. The van der Waals surface area contributed by atoms with Gasteiger partial charge in [0.25, 0.3) is 0 Å². The number of benzene rings is 1. The molecule has 2 aromatic rings. The number of nitrogens with two attached hydrogens (primary N) is 1. The third kappa shape index (κ3) is 2.03. The maximum atomic E-state index is 6.04. The maximum Gasteiger partial charge on any atom is 0.123 e. The number of furan rings is 1. The van der Waals surface area contributed by atoms with E-state index in [1.807, 2.05) is 44.3 Å². The minimum atomic E-state index is 0.723. The third-order valence-corrected chi connectivity index (χ3v) is 2.69. The van der Waals surface area contributed by atoms with E-state index in [0.717, 1.165) is 29.2 Å². The molecule has 3 nitrogen and oxygen atoms in total. The molecule has 0 atom stereocenters. The summed E-state index contributed by atoms with van der Waals surface area (Å²) in [5, 5.41) is 0. The van der Waals surface area contributed by atoms with Gasteiger partial charge in [-0.1, -0.05) is 12.1 Å². The van der Waals surface area contributed by atoms with Crippen molar-refractivity contribution < 1.29 is 4.42 Å². The zero-order valence-corrected chi connectivity index (χ0v) is 9.60. The lowest BCUT2D eigenvalue weighted by Gasteiger charge is -2.20. The summed E-state index contributed by atoms with van der Waals surface area (Å²) in [6.07, 6.45) is 1.68. The Morgan fingerprint density at radius 1 is 1.25 bits per heavy atom. The molecule has 1 aromatic heterocycles. The normalized spacial score (nSPS) is 10.4. The molecule has 2 rings (SSSR count). The topological polar surface area (TPSA) is 42.4 Å². The smallest absolute Gasteiger partial charge is 0.123 e. The highest BCUT2D eigenvalue weighted by atomic mass is 16.3. The fourth-order valence-corrected chi connectivity index (χ4v) is 1.72. The first-order valence-corrected chi connectivity index (χ1v) is 5.27. The fourth-order valence-electron chi connectivity index (χ4n) is 1.72. The predicted molar refractivity (Wildman–Crippen MR) is 66.4 cm³/mol. The van der Waals surface area contributed by atoms with Crippen LogP contribution in [0.1, 0.15) is 11.3 Å². The van der Waals surface area contributed by atoms with Gasteiger partial charge in [-0.05, 0) is 30.7 Å². The van der Waals surface area contributed by atoms with E-state index in [-0.39, 0.29) is 0 Å². The van der Waals surface area contributed by atoms with Crippen LogP contribution in [0.25, 0.3) is 0 Å². The Hall–Kier alpha value is -1.90. The molecule has 0 unspecified atom stereocenters. The van der Waals surface area contributed by atoms with E-state index >= 15 is 0 Å². The van der Waals surface area contributed by atoms with Crippen molar-refractivity contribution >= 4 is 11.4 Å². The van der Waals surface area contributed by atoms with Gasteiger partial charge in [-0.25, -0.2) is 0 Å². The number of nitrogens with zero attached hydrogens (tertiary/aromatic N) is 1. The Labute approximate surface area is 95.5 Å². The molecule has 0 saturated carbocycles. The Morgan fingerprint density at radius 2 is 2.06 bits per heavy atom. The van der Waals surface area contributed by atoms with Crippen molar-refractivity contribution in [1.29, 1.82) is 0 Å². The molecule has 0 aliphatic carbocycles.